The molecule has 0 aromatic carbocycles. The molecule has 0 amide bonds. The number of rotatable bonds is 8. The first-order valence-corrected chi connectivity index (χ1v) is 8.10. The Kier molecular flexibility index (Phi) is 7.29. The zero-order chi connectivity index (χ0) is 15.1. The zero-order valence-electron chi connectivity index (χ0n) is 12.2. The molecule has 0 aromatic heterocycles. The third-order valence-corrected chi connectivity index (χ3v) is 3.65. The molecule has 0 fully saturated rings. The van der Waals surface area contributed by atoms with Gasteiger partial charge < -0.3 is 4.74 Å². The Balaban J connectivity index is 4.74. The highest BCUT2D eigenvalue weighted by Crippen LogP contribution is 2.11. The monoisotopic (exact) mass is 291 g/mol. The largest absolute Gasteiger partial charge is 0.459 e. The number of carbonyl (C=O) groups is 1. The smallest absolute Gasteiger partial charge is 0.325 e. The van der Waals surface area contributed by atoms with Crippen molar-refractivity contribution in [3.63, 3.8) is 0 Å². The number of unbranched alkanes of at least 4 members (excludes halogenated alkanes) is 1. The number of hydrogen-bond acceptors (Lipinski definition) is 4. The van der Waals surface area contributed by atoms with Crippen LogP contribution in [0.1, 0.15) is 47.0 Å². The summed E-state index contributed by atoms with van der Waals surface area (Å²) in [6.07, 6.45) is 3.04. The first-order chi connectivity index (χ1) is 8.61. The van der Waals surface area contributed by atoms with E-state index in [1.54, 1.807) is 20.8 Å². The van der Waals surface area contributed by atoms with Crippen molar-refractivity contribution in [1.82, 2.24) is 4.72 Å². The standard InChI is InChI=1S/C13H25NO4S/c1-6-8-10-19(16,17)14-11(9-7-2)12(15)18-13(3,4)5/h7,11,14H,2,6,8-10H2,1,3-5H3. The number of sulfonamides is 1. The normalized spacial score (nSPS) is 13.9. The first-order valence-electron chi connectivity index (χ1n) is 6.45. The van der Waals surface area contributed by atoms with Crippen molar-refractivity contribution in [1.29, 1.82) is 0 Å². The average Bonchev–Trinajstić information content (AvgIpc) is 2.23. The highest BCUT2D eigenvalue weighted by atomic mass is 32.2. The van der Waals surface area contributed by atoms with Crippen molar-refractivity contribution >= 4 is 16.0 Å². The molecule has 0 radical (unpaired) electrons. The second-order valence-corrected chi connectivity index (χ2v) is 7.27. The van der Waals surface area contributed by atoms with E-state index in [1.807, 2.05) is 6.92 Å². The minimum absolute atomic E-state index is 0.0138. The molecule has 0 aliphatic heterocycles. The minimum Gasteiger partial charge on any atom is -0.459 e. The lowest BCUT2D eigenvalue weighted by atomic mass is 10.1. The third kappa shape index (κ3) is 8.77. The van der Waals surface area contributed by atoms with Crippen molar-refractivity contribution in [2.45, 2.75) is 58.6 Å². The summed E-state index contributed by atoms with van der Waals surface area (Å²) in [5, 5.41) is 0. The van der Waals surface area contributed by atoms with Crippen molar-refractivity contribution in [3.8, 4) is 0 Å². The molecular formula is C13H25NO4S. The molecule has 0 heterocycles. The number of hydrogen-bond donors (Lipinski definition) is 1. The fraction of sp³-hybridized carbons (Fsp3) is 0.769. The van der Waals surface area contributed by atoms with E-state index in [0.29, 0.717) is 6.42 Å². The molecule has 5 nitrogen and oxygen atoms in total. The first kappa shape index (κ1) is 18.1. The molecule has 0 aromatic rings. The summed E-state index contributed by atoms with van der Waals surface area (Å²) in [6.45, 7) is 10.6. The van der Waals surface area contributed by atoms with E-state index in [1.165, 1.54) is 6.08 Å². The molecule has 1 unspecified atom stereocenters. The van der Waals surface area contributed by atoms with E-state index in [0.717, 1.165) is 6.42 Å². The van der Waals surface area contributed by atoms with Gasteiger partial charge >= 0.3 is 5.97 Å². The van der Waals surface area contributed by atoms with Crippen LogP contribution < -0.4 is 4.72 Å². The van der Waals surface area contributed by atoms with Gasteiger partial charge in [0.2, 0.25) is 10.0 Å². The van der Waals surface area contributed by atoms with Gasteiger partial charge in [-0.05, 0) is 33.6 Å². The van der Waals surface area contributed by atoms with Crippen LogP contribution in [0.3, 0.4) is 0 Å². The molecule has 0 aliphatic carbocycles. The van der Waals surface area contributed by atoms with Crippen LogP contribution in [0.25, 0.3) is 0 Å². The molecule has 1 N–H and O–H groups in total. The molecule has 0 saturated carbocycles. The van der Waals surface area contributed by atoms with E-state index < -0.39 is 27.6 Å². The molecule has 0 rings (SSSR count). The van der Waals surface area contributed by atoms with Crippen molar-refractivity contribution in [2.75, 3.05) is 5.75 Å². The zero-order valence-corrected chi connectivity index (χ0v) is 13.0. The van der Waals surface area contributed by atoms with Gasteiger partial charge in [0.1, 0.15) is 11.6 Å². The highest BCUT2D eigenvalue weighted by molar-refractivity contribution is 7.89. The lowest BCUT2D eigenvalue weighted by molar-refractivity contribution is -0.156. The molecule has 112 valence electrons. The summed E-state index contributed by atoms with van der Waals surface area (Å²) in [5.74, 6) is -0.563. The van der Waals surface area contributed by atoms with Crippen molar-refractivity contribution < 1.29 is 17.9 Å². The van der Waals surface area contributed by atoms with Gasteiger partial charge in [-0.2, -0.15) is 0 Å². The fourth-order valence-electron chi connectivity index (χ4n) is 1.34. The molecule has 0 aliphatic rings. The van der Waals surface area contributed by atoms with E-state index in [9.17, 15) is 13.2 Å². The van der Waals surface area contributed by atoms with Crippen molar-refractivity contribution in [3.05, 3.63) is 12.7 Å². The van der Waals surface area contributed by atoms with Gasteiger partial charge in [-0.3, -0.25) is 4.79 Å². The van der Waals surface area contributed by atoms with Gasteiger partial charge in [-0.25, -0.2) is 13.1 Å². The molecule has 1 atom stereocenters. The quantitative estimate of drug-likeness (QED) is 0.548. The second-order valence-electron chi connectivity index (χ2n) is 5.40. The minimum atomic E-state index is -3.46. The van der Waals surface area contributed by atoms with E-state index in [-0.39, 0.29) is 12.2 Å². The second kappa shape index (κ2) is 7.65. The number of esters is 1. The van der Waals surface area contributed by atoms with Crippen LogP contribution in [-0.4, -0.2) is 31.8 Å². The summed E-state index contributed by atoms with van der Waals surface area (Å²) in [6, 6.07) is -0.904. The van der Waals surface area contributed by atoms with Gasteiger partial charge in [-0.15, -0.1) is 6.58 Å². The maximum atomic E-state index is 11.9. The summed E-state index contributed by atoms with van der Waals surface area (Å²) >= 11 is 0. The summed E-state index contributed by atoms with van der Waals surface area (Å²) in [5.41, 5.74) is -0.647. The molecule has 0 spiro atoms. The van der Waals surface area contributed by atoms with Gasteiger partial charge in [-0.1, -0.05) is 19.4 Å². The maximum absolute atomic E-state index is 11.9. The molecule has 0 saturated heterocycles. The Bertz CT molecular complexity index is 395. The summed E-state index contributed by atoms with van der Waals surface area (Å²) in [7, 11) is -3.46. The Morgan fingerprint density at radius 3 is 2.42 bits per heavy atom. The van der Waals surface area contributed by atoms with Crippen molar-refractivity contribution in [2.24, 2.45) is 0 Å². The van der Waals surface area contributed by atoms with E-state index in [2.05, 4.69) is 11.3 Å². The Hall–Kier alpha value is -0.880. The molecular weight excluding hydrogens is 266 g/mol. The lowest BCUT2D eigenvalue weighted by Crippen LogP contribution is -2.44. The van der Waals surface area contributed by atoms with Crippen LogP contribution in [0.15, 0.2) is 12.7 Å². The van der Waals surface area contributed by atoms with Gasteiger partial charge in [0.25, 0.3) is 0 Å². The van der Waals surface area contributed by atoms with E-state index in [4.69, 9.17) is 4.74 Å². The van der Waals surface area contributed by atoms with Gasteiger partial charge in [0, 0.05) is 0 Å². The topological polar surface area (TPSA) is 72.5 Å². The van der Waals surface area contributed by atoms with Crippen LogP contribution in [-0.2, 0) is 19.6 Å². The van der Waals surface area contributed by atoms with Crippen LogP contribution in [0, 0.1) is 0 Å². The van der Waals surface area contributed by atoms with Crippen LogP contribution >= 0.6 is 0 Å². The van der Waals surface area contributed by atoms with Gasteiger partial charge in [0.15, 0.2) is 0 Å². The summed E-state index contributed by atoms with van der Waals surface area (Å²) in [4.78, 5) is 11.9. The number of ether oxygens (including phenoxy) is 1. The number of nitrogens with one attached hydrogen (secondary N) is 1. The Morgan fingerprint density at radius 2 is 2.00 bits per heavy atom. The average molecular weight is 291 g/mol. The summed E-state index contributed by atoms with van der Waals surface area (Å²) < 4.78 is 31.2. The lowest BCUT2D eigenvalue weighted by Gasteiger charge is -2.24. The highest BCUT2D eigenvalue weighted by Gasteiger charge is 2.27. The van der Waals surface area contributed by atoms with E-state index >= 15 is 0 Å². The Labute approximate surface area is 116 Å². The SMILES string of the molecule is C=CCC(NS(=O)(=O)CCCC)C(=O)OC(C)(C)C. The number of carbonyl (C=O) groups excluding carboxylic acids is 1. The predicted molar refractivity (Wildman–Crippen MR) is 76.3 cm³/mol. The third-order valence-electron chi connectivity index (χ3n) is 2.18. The van der Waals surface area contributed by atoms with Crippen LogP contribution in [0.4, 0.5) is 0 Å². The molecule has 19 heavy (non-hydrogen) atoms. The van der Waals surface area contributed by atoms with Crippen LogP contribution in [0.2, 0.25) is 0 Å². The molecule has 6 heteroatoms. The maximum Gasteiger partial charge on any atom is 0.325 e. The van der Waals surface area contributed by atoms with Crippen LogP contribution in [0.5, 0.6) is 0 Å². The predicted octanol–water partition coefficient (Wildman–Crippen LogP) is 1.99. The Morgan fingerprint density at radius 1 is 1.42 bits per heavy atom. The fourth-order valence-corrected chi connectivity index (χ4v) is 2.75. The molecule has 0 bridgehead atoms. The van der Waals surface area contributed by atoms with Gasteiger partial charge in [0.05, 0.1) is 5.75 Å².